The molecule has 1 heterocycles. The largest absolute Gasteiger partial charge is 0.380 e. The summed E-state index contributed by atoms with van der Waals surface area (Å²) in [4.78, 5) is 10.4. The predicted octanol–water partition coefficient (Wildman–Crippen LogP) is 2.44. The fourth-order valence-corrected chi connectivity index (χ4v) is 2.42. The van der Waals surface area contributed by atoms with E-state index < -0.39 is 0 Å². The first kappa shape index (κ1) is 12.3. The minimum atomic E-state index is -0.360. The first-order chi connectivity index (χ1) is 8.08. The average Bonchev–Trinajstić information content (AvgIpc) is 2.75. The molecular weight excluding hydrogens is 286 g/mol. The molecule has 0 aromatic heterocycles. The maximum Gasteiger partial charge on any atom is 0.273 e. The third-order valence-electron chi connectivity index (χ3n) is 2.90. The number of hydrogen-bond donors (Lipinski definition) is 2. The van der Waals surface area contributed by atoms with Crippen LogP contribution >= 0.6 is 15.9 Å². The second-order valence-corrected chi connectivity index (χ2v) is 5.06. The summed E-state index contributed by atoms with van der Waals surface area (Å²) in [5, 5.41) is 17.4. The van der Waals surface area contributed by atoms with Crippen molar-refractivity contribution in [3.05, 3.63) is 32.3 Å². The van der Waals surface area contributed by atoms with Crippen molar-refractivity contribution in [3.8, 4) is 0 Å². The third-order valence-corrected chi connectivity index (χ3v) is 3.56. The van der Waals surface area contributed by atoms with Gasteiger partial charge < -0.3 is 10.6 Å². The van der Waals surface area contributed by atoms with Crippen LogP contribution in [0.3, 0.4) is 0 Å². The van der Waals surface area contributed by atoms with Gasteiger partial charge in [-0.1, -0.05) is 0 Å². The van der Waals surface area contributed by atoms with E-state index in [2.05, 4.69) is 26.6 Å². The molecule has 0 radical (unpaired) electrons. The summed E-state index contributed by atoms with van der Waals surface area (Å²) in [5.74, 6) is 0. The molecule has 92 valence electrons. The van der Waals surface area contributed by atoms with E-state index in [0.717, 1.165) is 29.7 Å². The monoisotopic (exact) mass is 299 g/mol. The lowest BCUT2D eigenvalue weighted by Crippen LogP contribution is -2.22. The number of nitro groups is 1. The van der Waals surface area contributed by atoms with E-state index in [1.807, 2.05) is 6.07 Å². The molecule has 17 heavy (non-hydrogen) atoms. The van der Waals surface area contributed by atoms with Gasteiger partial charge in [0.25, 0.3) is 5.69 Å². The Morgan fingerprint density at radius 2 is 2.35 bits per heavy atom. The van der Waals surface area contributed by atoms with Crippen molar-refractivity contribution in [3.63, 3.8) is 0 Å². The van der Waals surface area contributed by atoms with Crippen molar-refractivity contribution in [2.75, 3.05) is 18.4 Å². The van der Waals surface area contributed by atoms with E-state index in [-0.39, 0.29) is 10.6 Å². The van der Waals surface area contributed by atoms with Gasteiger partial charge in [0.15, 0.2) is 0 Å². The highest BCUT2D eigenvalue weighted by Gasteiger charge is 2.18. The second-order valence-electron chi connectivity index (χ2n) is 4.21. The van der Waals surface area contributed by atoms with Crippen molar-refractivity contribution < 1.29 is 4.92 Å². The van der Waals surface area contributed by atoms with Crippen LogP contribution in [0.2, 0.25) is 0 Å². The Bertz CT molecular complexity index is 445. The van der Waals surface area contributed by atoms with Crippen LogP contribution in [0.15, 0.2) is 16.6 Å². The number of nitrogens with one attached hydrogen (secondary N) is 2. The van der Waals surface area contributed by atoms with Crippen LogP contribution < -0.4 is 10.6 Å². The molecule has 0 bridgehead atoms. The summed E-state index contributed by atoms with van der Waals surface area (Å²) >= 11 is 3.37. The third kappa shape index (κ3) is 2.76. The van der Waals surface area contributed by atoms with Gasteiger partial charge >= 0.3 is 0 Å². The highest BCUT2D eigenvalue weighted by molar-refractivity contribution is 9.10. The topological polar surface area (TPSA) is 67.2 Å². The van der Waals surface area contributed by atoms with Gasteiger partial charge in [-0.15, -0.1) is 0 Å². The van der Waals surface area contributed by atoms with E-state index in [1.54, 1.807) is 13.0 Å². The minimum absolute atomic E-state index is 0.145. The fourth-order valence-electron chi connectivity index (χ4n) is 1.98. The van der Waals surface area contributed by atoms with Gasteiger partial charge in [-0.25, -0.2) is 0 Å². The molecule has 1 unspecified atom stereocenters. The molecular formula is C11H14BrN3O2. The fraction of sp³-hybridized carbons (Fsp3) is 0.455. The molecule has 1 aromatic carbocycles. The number of nitro benzene ring substituents is 1. The molecule has 1 fully saturated rings. The Balaban J connectivity index is 2.23. The van der Waals surface area contributed by atoms with Crippen LogP contribution in [0, 0.1) is 17.0 Å². The van der Waals surface area contributed by atoms with Crippen molar-refractivity contribution in [1.82, 2.24) is 5.32 Å². The molecule has 2 N–H and O–H groups in total. The number of halogens is 1. The van der Waals surface area contributed by atoms with Gasteiger partial charge in [0, 0.05) is 34.4 Å². The molecule has 0 spiro atoms. The van der Waals surface area contributed by atoms with Crippen LogP contribution in [0.5, 0.6) is 0 Å². The summed E-state index contributed by atoms with van der Waals surface area (Å²) in [5.41, 5.74) is 1.74. The first-order valence-corrected chi connectivity index (χ1v) is 6.29. The normalized spacial score (nSPS) is 19.3. The van der Waals surface area contributed by atoms with Crippen LogP contribution in [-0.4, -0.2) is 24.1 Å². The van der Waals surface area contributed by atoms with Crippen LogP contribution in [0.4, 0.5) is 11.4 Å². The average molecular weight is 300 g/mol. The van der Waals surface area contributed by atoms with E-state index in [4.69, 9.17) is 0 Å². The highest BCUT2D eigenvalue weighted by Crippen LogP contribution is 2.31. The molecule has 1 aliphatic rings. The highest BCUT2D eigenvalue weighted by atomic mass is 79.9. The molecule has 0 aliphatic carbocycles. The Morgan fingerprint density at radius 3 is 2.94 bits per heavy atom. The van der Waals surface area contributed by atoms with E-state index >= 15 is 0 Å². The van der Waals surface area contributed by atoms with Gasteiger partial charge in [-0.3, -0.25) is 10.1 Å². The molecule has 1 saturated heterocycles. The van der Waals surface area contributed by atoms with Crippen molar-refractivity contribution >= 4 is 27.3 Å². The molecule has 2 rings (SSSR count). The summed E-state index contributed by atoms with van der Waals surface area (Å²) in [6.45, 7) is 3.70. The van der Waals surface area contributed by atoms with Crippen molar-refractivity contribution in [2.45, 2.75) is 19.4 Å². The standard InChI is InChI=1S/C11H14BrN3O2/c1-7-4-10(14-8-2-3-13-6-8)9(12)5-11(7)15(16)17/h4-5,8,13-14H,2-3,6H2,1H3. The lowest BCUT2D eigenvalue weighted by Gasteiger charge is -2.15. The molecule has 0 saturated carbocycles. The lowest BCUT2D eigenvalue weighted by molar-refractivity contribution is -0.385. The maximum absolute atomic E-state index is 10.8. The van der Waals surface area contributed by atoms with Gasteiger partial charge in [-0.2, -0.15) is 0 Å². The van der Waals surface area contributed by atoms with Gasteiger partial charge in [0.1, 0.15) is 0 Å². The molecule has 1 aliphatic heterocycles. The van der Waals surface area contributed by atoms with E-state index in [9.17, 15) is 10.1 Å². The zero-order valence-electron chi connectivity index (χ0n) is 9.50. The predicted molar refractivity (Wildman–Crippen MR) is 70.4 cm³/mol. The SMILES string of the molecule is Cc1cc(NC2CCNC2)c(Br)cc1[N+](=O)[O-]. The number of nitrogens with zero attached hydrogens (tertiary/aromatic N) is 1. The number of benzene rings is 1. The molecule has 0 amide bonds. The zero-order valence-corrected chi connectivity index (χ0v) is 11.1. The number of hydrogen-bond acceptors (Lipinski definition) is 4. The smallest absolute Gasteiger partial charge is 0.273 e. The second kappa shape index (κ2) is 5.01. The van der Waals surface area contributed by atoms with Gasteiger partial charge in [0.05, 0.1) is 4.92 Å². The van der Waals surface area contributed by atoms with Crippen LogP contribution in [-0.2, 0) is 0 Å². The molecule has 1 atom stereocenters. The quantitative estimate of drug-likeness (QED) is 0.664. The number of rotatable bonds is 3. The summed E-state index contributed by atoms with van der Waals surface area (Å²) in [6, 6.07) is 3.77. The number of aryl methyl sites for hydroxylation is 1. The van der Waals surface area contributed by atoms with Crippen molar-refractivity contribution in [2.24, 2.45) is 0 Å². The summed E-state index contributed by atoms with van der Waals surface area (Å²) < 4.78 is 0.738. The zero-order chi connectivity index (χ0) is 12.4. The first-order valence-electron chi connectivity index (χ1n) is 5.49. The Morgan fingerprint density at radius 1 is 1.59 bits per heavy atom. The minimum Gasteiger partial charge on any atom is -0.380 e. The van der Waals surface area contributed by atoms with Gasteiger partial charge in [-0.05, 0) is 41.9 Å². The van der Waals surface area contributed by atoms with Crippen LogP contribution in [0.1, 0.15) is 12.0 Å². The van der Waals surface area contributed by atoms with Crippen molar-refractivity contribution in [1.29, 1.82) is 0 Å². The Hall–Kier alpha value is -1.14. The molecule has 5 nitrogen and oxygen atoms in total. The molecule has 6 heteroatoms. The van der Waals surface area contributed by atoms with Gasteiger partial charge in [0.2, 0.25) is 0 Å². The Labute approximate surface area is 108 Å². The van der Waals surface area contributed by atoms with Crippen LogP contribution in [0.25, 0.3) is 0 Å². The maximum atomic E-state index is 10.8. The Kier molecular flexibility index (Phi) is 3.63. The lowest BCUT2D eigenvalue weighted by atomic mass is 10.1. The van der Waals surface area contributed by atoms with E-state index in [0.29, 0.717) is 11.6 Å². The van der Waals surface area contributed by atoms with E-state index in [1.165, 1.54) is 0 Å². The summed E-state index contributed by atoms with van der Waals surface area (Å²) in [6.07, 6.45) is 1.07. The number of anilines is 1. The summed E-state index contributed by atoms with van der Waals surface area (Å²) in [7, 11) is 0. The molecule has 1 aromatic rings.